The van der Waals surface area contributed by atoms with E-state index in [2.05, 4.69) is 17.1 Å². The molecule has 3 heterocycles. The minimum absolute atomic E-state index is 0.0406. The monoisotopic (exact) mass is 302 g/mol. The Morgan fingerprint density at radius 2 is 2.00 bits per heavy atom. The Balaban J connectivity index is 1.53. The van der Waals surface area contributed by atoms with Gasteiger partial charge in [0.15, 0.2) is 0 Å². The van der Waals surface area contributed by atoms with Crippen molar-refractivity contribution in [2.24, 2.45) is 5.92 Å². The molecule has 4 rings (SSSR count). The summed E-state index contributed by atoms with van der Waals surface area (Å²) in [5, 5.41) is 3.22. The third-order valence-electron chi connectivity index (χ3n) is 4.86. The van der Waals surface area contributed by atoms with Crippen molar-refractivity contribution in [2.45, 2.75) is 38.6 Å². The molecular formula is C18H26N2O2. The summed E-state index contributed by atoms with van der Waals surface area (Å²) in [5.74, 6) is 1.54. The number of benzene rings is 1. The highest BCUT2D eigenvalue weighted by Gasteiger charge is 2.34. The number of piperidine rings is 3. The van der Waals surface area contributed by atoms with Crippen molar-refractivity contribution < 1.29 is 9.53 Å². The molecule has 0 unspecified atom stereocenters. The molecule has 1 N–H and O–H groups in total. The minimum Gasteiger partial charge on any atom is -0.494 e. The molecule has 1 amide bonds. The summed E-state index contributed by atoms with van der Waals surface area (Å²) >= 11 is 0. The molecule has 4 nitrogen and oxygen atoms in total. The van der Waals surface area contributed by atoms with Crippen LogP contribution < -0.4 is 10.1 Å². The van der Waals surface area contributed by atoms with Gasteiger partial charge < -0.3 is 15.0 Å². The molecule has 2 bridgehead atoms. The van der Waals surface area contributed by atoms with Gasteiger partial charge in [0.05, 0.1) is 6.61 Å². The van der Waals surface area contributed by atoms with E-state index in [1.54, 1.807) is 0 Å². The predicted octanol–water partition coefficient (Wildman–Crippen LogP) is 2.69. The van der Waals surface area contributed by atoms with Gasteiger partial charge in [-0.1, -0.05) is 13.3 Å². The Bertz CT molecular complexity index is 492. The van der Waals surface area contributed by atoms with Crippen molar-refractivity contribution in [1.29, 1.82) is 0 Å². The van der Waals surface area contributed by atoms with Gasteiger partial charge >= 0.3 is 0 Å². The number of ether oxygens (including phenoxy) is 1. The molecule has 0 aliphatic carbocycles. The van der Waals surface area contributed by atoms with E-state index in [9.17, 15) is 4.79 Å². The second-order valence-electron chi connectivity index (χ2n) is 6.44. The van der Waals surface area contributed by atoms with Gasteiger partial charge in [-0.3, -0.25) is 4.79 Å². The molecular weight excluding hydrogens is 276 g/mol. The summed E-state index contributed by atoms with van der Waals surface area (Å²) in [6, 6.07) is 7.81. The first kappa shape index (κ1) is 15.3. The number of fused-ring (bicyclic) bond motifs is 3. The molecule has 0 saturated carbocycles. The third kappa shape index (κ3) is 3.61. The van der Waals surface area contributed by atoms with Crippen molar-refractivity contribution >= 4 is 5.91 Å². The topological polar surface area (TPSA) is 41.6 Å². The molecule has 1 aromatic rings. The second-order valence-corrected chi connectivity index (χ2v) is 6.44. The third-order valence-corrected chi connectivity index (χ3v) is 4.86. The van der Waals surface area contributed by atoms with Gasteiger partial charge in [-0.2, -0.15) is 0 Å². The average molecular weight is 302 g/mol. The highest BCUT2D eigenvalue weighted by molar-refractivity contribution is 5.94. The maximum Gasteiger partial charge on any atom is 0.251 e. The molecule has 3 fully saturated rings. The summed E-state index contributed by atoms with van der Waals surface area (Å²) in [4.78, 5) is 14.8. The fourth-order valence-electron chi connectivity index (χ4n) is 3.42. The fourth-order valence-corrected chi connectivity index (χ4v) is 3.42. The molecule has 3 aliphatic rings. The van der Waals surface area contributed by atoms with Gasteiger partial charge in [-0.15, -0.1) is 0 Å². The second kappa shape index (κ2) is 7.14. The molecule has 120 valence electrons. The minimum atomic E-state index is 0.0406. The largest absolute Gasteiger partial charge is 0.494 e. The number of carbonyl (C=O) groups excluding carboxylic acids is 1. The number of hydrogen-bond donors (Lipinski definition) is 1. The van der Waals surface area contributed by atoms with Crippen LogP contribution in [0.1, 0.15) is 43.0 Å². The zero-order valence-electron chi connectivity index (χ0n) is 13.4. The van der Waals surface area contributed by atoms with Gasteiger partial charge in [0, 0.05) is 18.2 Å². The van der Waals surface area contributed by atoms with Crippen molar-refractivity contribution in [1.82, 2.24) is 10.2 Å². The molecule has 4 heteroatoms. The molecule has 1 aromatic carbocycles. The molecule has 1 atom stereocenters. The Morgan fingerprint density at radius 3 is 2.59 bits per heavy atom. The summed E-state index contributed by atoms with van der Waals surface area (Å²) in [6.07, 6.45) is 4.62. The maximum absolute atomic E-state index is 12.4. The van der Waals surface area contributed by atoms with Crippen LogP contribution >= 0.6 is 0 Å². The molecule has 0 radical (unpaired) electrons. The molecule has 0 spiro atoms. The molecule has 22 heavy (non-hydrogen) atoms. The van der Waals surface area contributed by atoms with E-state index in [0.29, 0.717) is 12.0 Å². The Morgan fingerprint density at radius 1 is 1.27 bits per heavy atom. The van der Waals surface area contributed by atoms with Gasteiger partial charge in [0.2, 0.25) is 0 Å². The number of rotatable bonds is 6. The normalized spacial score (nSPS) is 26.7. The lowest BCUT2D eigenvalue weighted by atomic mass is 9.84. The Labute approximate surface area is 132 Å². The highest BCUT2D eigenvalue weighted by atomic mass is 16.5. The van der Waals surface area contributed by atoms with Crippen molar-refractivity contribution in [2.75, 3.05) is 26.2 Å². The zero-order valence-corrected chi connectivity index (χ0v) is 13.4. The van der Waals surface area contributed by atoms with Crippen LogP contribution in [0.4, 0.5) is 0 Å². The van der Waals surface area contributed by atoms with Crippen LogP contribution in [0, 0.1) is 5.92 Å². The van der Waals surface area contributed by atoms with E-state index >= 15 is 0 Å². The lowest BCUT2D eigenvalue weighted by Gasteiger charge is -2.44. The van der Waals surface area contributed by atoms with Gasteiger partial charge in [0.25, 0.3) is 5.91 Å². The standard InChI is InChI=1S/C18H26N2O2/c1-2-3-12-22-16-6-4-15(5-7-16)18(21)19-17-13-20-10-8-14(17)9-11-20/h4-7,14,17H,2-3,8-13H2,1H3,(H,19,21)/t17-/m0/s1. The average Bonchev–Trinajstić information content (AvgIpc) is 2.57. The summed E-state index contributed by atoms with van der Waals surface area (Å²) in [6.45, 7) is 6.28. The number of amides is 1. The van der Waals surface area contributed by atoms with E-state index in [4.69, 9.17) is 4.74 Å². The summed E-state index contributed by atoms with van der Waals surface area (Å²) in [5.41, 5.74) is 0.722. The SMILES string of the molecule is CCCCOc1ccc(C(=O)N[C@H]2CN3CCC2CC3)cc1. The van der Waals surface area contributed by atoms with Crippen LogP contribution in [-0.2, 0) is 0 Å². The lowest BCUT2D eigenvalue weighted by molar-refractivity contribution is 0.0620. The van der Waals surface area contributed by atoms with Gasteiger partial charge in [-0.25, -0.2) is 0 Å². The Kier molecular flexibility index (Phi) is 4.98. The quantitative estimate of drug-likeness (QED) is 0.822. The van der Waals surface area contributed by atoms with Gasteiger partial charge in [-0.05, 0) is 62.5 Å². The van der Waals surface area contributed by atoms with Gasteiger partial charge in [0.1, 0.15) is 5.75 Å². The molecule has 3 aliphatic heterocycles. The molecule has 0 aromatic heterocycles. The van der Waals surface area contributed by atoms with Crippen LogP contribution in [0.25, 0.3) is 0 Å². The van der Waals surface area contributed by atoms with Crippen LogP contribution in [0.15, 0.2) is 24.3 Å². The van der Waals surface area contributed by atoms with Crippen LogP contribution in [0.5, 0.6) is 5.75 Å². The van der Waals surface area contributed by atoms with E-state index < -0.39 is 0 Å². The fraction of sp³-hybridized carbons (Fsp3) is 0.611. The summed E-state index contributed by atoms with van der Waals surface area (Å²) < 4.78 is 5.63. The Hall–Kier alpha value is -1.55. The number of nitrogens with zero attached hydrogens (tertiary/aromatic N) is 1. The lowest BCUT2D eigenvalue weighted by Crippen LogP contribution is -2.57. The van der Waals surface area contributed by atoms with Crippen molar-refractivity contribution in [3.63, 3.8) is 0 Å². The van der Waals surface area contributed by atoms with E-state index in [-0.39, 0.29) is 5.91 Å². The number of hydrogen-bond acceptors (Lipinski definition) is 3. The first-order valence-electron chi connectivity index (χ1n) is 8.52. The van der Waals surface area contributed by atoms with Crippen LogP contribution in [0.3, 0.4) is 0 Å². The van der Waals surface area contributed by atoms with Crippen LogP contribution in [0.2, 0.25) is 0 Å². The summed E-state index contributed by atoms with van der Waals surface area (Å²) in [7, 11) is 0. The van der Waals surface area contributed by atoms with E-state index in [0.717, 1.165) is 37.3 Å². The number of carbonyl (C=O) groups is 1. The van der Waals surface area contributed by atoms with Crippen molar-refractivity contribution in [3.8, 4) is 5.75 Å². The zero-order chi connectivity index (χ0) is 15.4. The van der Waals surface area contributed by atoms with Crippen molar-refractivity contribution in [3.05, 3.63) is 29.8 Å². The van der Waals surface area contributed by atoms with E-state index in [1.807, 2.05) is 24.3 Å². The maximum atomic E-state index is 12.4. The van der Waals surface area contributed by atoms with Crippen LogP contribution in [-0.4, -0.2) is 43.1 Å². The number of nitrogens with one attached hydrogen (secondary N) is 1. The smallest absolute Gasteiger partial charge is 0.251 e. The molecule has 3 saturated heterocycles. The highest BCUT2D eigenvalue weighted by Crippen LogP contribution is 2.27. The first-order valence-corrected chi connectivity index (χ1v) is 8.52. The number of unbranched alkanes of at least 4 members (excludes halogenated alkanes) is 1. The first-order chi connectivity index (χ1) is 10.8. The van der Waals surface area contributed by atoms with E-state index in [1.165, 1.54) is 25.9 Å². The predicted molar refractivity (Wildman–Crippen MR) is 87.3 cm³/mol.